The van der Waals surface area contributed by atoms with E-state index in [1.54, 1.807) is 0 Å². The summed E-state index contributed by atoms with van der Waals surface area (Å²) in [5.74, 6) is 0. The van der Waals surface area contributed by atoms with Crippen LogP contribution in [-0.2, 0) is 4.57 Å². The first-order valence-electron chi connectivity index (χ1n) is 3.25. The Morgan fingerprint density at radius 3 is 2.92 bits per heavy atom. The summed E-state index contributed by atoms with van der Waals surface area (Å²) >= 11 is 0. The van der Waals surface area contributed by atoms with Gasteiger partial charge in [-0.3, -0.25) is 0 Å². The van der Waals surface area contributed by atoms with Gasteiger partial charge in [0.25, 0.3) is 0 Å². The molecule has 0 saturated heterocycles. The largest absolute Gasteiger partial charge is 0.397 e. The average Bonchev–Trinajstić information content (AvgIpc) is 2.38. The fourth-order valence-corrected chi connectivity index (χ4v) is 1.34. The van der Waals surface area contributed by atoms with Crippen molar-refractivity contribution >= 4 is 7.60 Å². The lowest BCUT2D eigenvalue weighted by atomic mass is 10.9. The van der Waals surface area contributed by atoms with Crippen LogP contribution in [0.25, 0.3) is 0 Å². The van der Waals surface area contributed by atoms with Crippen LogP contribution in [0.5, 0.6) is 0 Å². The van der Waals surface area contributed by atoms with Crippen LogP contribution in [0.15, 0.2) is 18.7 Å². The molecule has 7 heteroatoms. The molecule has 68 valence electrons. The number of hydrogen-bond donors (Lipinski definition) is 2. The van der Waals surface area contributed by atoms with Gasteiger partial charge in [0.15, 0.2) is 0 Å². The summed E-state index contributed by atoms with van der Waals surface area (Å²) < 4.78 is 16.6. The van der Waals surface area contributed by atoms with Crippen LogP contribution in [0.4, 0.5) is 0 Å². The molecule has 0 aromatic carbocycles. The second-order valence-corrected chi connectivity index (χ2v) is 3.97. The highest BCUT2D eigenvalue weighted by atomic mass is 31.2. The van der Waals surface area contributed by atoms with Crippen molar-refractivity contribution in [3.8, 4) is 0 Å². The van der Waals surface area contributed by atoms with Gasteiger partial charge in [0.1, 0.15) is 6.33 Å². The molecule has 1 aromatic rings. The summed E-state index contributed by atoms with van der Waals surface area (Å²) in [6, 6.07) is 0. The highest BCUT2D eigenvalue weighted by molar-refractivity contribution is 7.53. The predicted octanol–water partition coefficient (Wildman–Crippen LogP) is -0.511. The lowest BCUT2D eigenvalue weighted by Gasteiger charge is -2.10. The third kappa shape index (κ3) is 2.65. The van der Waals surface area contributed by atoms with E-state index in [0.29, 0.717) is 0 Å². The van der Waals surface area contributed by atoms with Gasteiger partial charge in [-0.25, -0.2) is 9.55 Å². The maximum atomic E-state index is 11.0. The highest BCUT2D eigenvalue weighted by Gasteiger charge is 2.19. The Bertz CT molecular complexity index is 273. The molecule has 0 bridgehead atoms. The molecule has 0 aliphatic rings. The highest BCUT2D eigenvalue weighted by Crippen LogP contribution is 2.36. The molecule has 0 amide bonds. The molecule has 1 unspecified atom stereocenters. The van der Waals surface area contributed by atoms with Crippen molar-refractivity contribution in [3.63, 3.8) is 0 Å². The fourth-order valence-electron chi connectivity index (χ4n) is 0.610. The van der Waals surface area contributed by atoms with Crippen molar-refractivity contribution < 1.29 is 19.2 Å². The van der Waals surface area contributed by atoms with Crippen LogP contribution >= 0.6 is 7.60 Å². The minimum Gasteiger partial charge on any atom is -0.396 e. The first-order valence-corrected chi connectivity index (χ1v) is 5.01. The molecule has 0 fully saturated rings. The Hall–Kier alpha value is -0.840. The fraction of sp³-hybridized carbons (Fsp3) is 0.400. The number of aliphatic hydroxyl groups excluding tert-OH is 1. The predicted molar refractivity (Wildman–Crippen MR) is 40.6 cm³/mol. The number of rotatable bonds is 4. The minimum absolute atomic E-state index is 0.287. The van der Waals surface area contributed by atoms with Crippen molar-refractivity contribution in [2.24, 2.45) is 0 Å². The summed E-state index contributed by atoms with van der Waals surface area (Å²) in [4.78, 5) is 12.6. The lowest BCUT2D eigenvalue weighted by molar-refractivity contribution is 0.221. The van der Waals surface area contributed by atoms with Gasteiger partial charge in [0, 0.05) is 6.20 Å². The van der Waals surface area contributed by atoms with Crippen LogP contribution in [0, 0.1) is 0 Å². The third-order valence-electron chi connectivity index (χ3n) is 1.08. The molecule has 1 aromatic heterocycles. The van der Waals surface area contributed by atoms with Crippen LogP contribution < -0.4 is 4.62 Å². The van der Waals surface area contributed by atoms with E-state index >= 15 is 0 Å². The molecular formula is C5H9N2O4P. The standard InChI is InChI=1S/C5H9N2O4P/c8-3-4-12(9,10)11-7-2-1-6-5-7/h1-2,5,8H,3-4H2,(H,9,10). The van der Waals surface area contributed by atoms with E-state index in [9.17, 15) is 4.57 Å². The molecule has 2 N–H and O–H groups in total. The number of aromatic nitrogens is 2. The molecule has 1 atom stereocenters. The van der Waals surface area contributed by atoms with E-state index < -0.39 is 7.60 Å². The van der Waals surface area contributed by atoms with Gasteiger partial charge in [0.05, 0.1) is 19.0 Å². The number of hydrogen-bond acceptors (Lipinski definition) is 4. The zero-order chi connectivity index (χ0) is 9.03. The molecule has 6 nitrogen and oxygen atoms in total. The normalized spacial score (nSPS) is 15.5. The summed E-state index contributed by atoms with van der Waals surface area (Å²) in [6.45, 7) is -0.386. The lowest BCUT2D eigenvalue weighted by Crippen LogP contribution is -2.10. The topological polar surface area (TPSA) is 84.6 Å². The zero-order valence-electron chi connectivity index (χ0n) is 6.20. The molecule has 1 heterocycles. The second-order valence-electron chi connectivity index (χ2n) is 2.09. The Balaban J connectivity index is 2.56. The summed E-state index contributed by atoms with van der Waals surface area (Å²) in [7, 11) is -3.71. The minimum atomic E-state index is -3.71. The van der Waals surface area contributed by atoms with Gasteiger partial charge >= 0.3 is 7.60 Å². The van der Waals surface area contributed by atoms with Gasteiger partial charge < -0.3 is 14.6 Å². The Morgan fingerprint density at radius 1 is 1.67 bits per heavy atom. The van der Waals surface area contributed by atoms with Crippen molar-refractivity contribution in [2.75, 3.05) is 12.8 Å². The van der Waals surface area contributed by atoms with E-state index in [4.69, 9.17) is 10.00 Å². The Kier molecular flexibility index (Phi) is 2.86. The quantitative estimate of drug-likeness (QED) is 0.627. The maximum Gasteiger partial charge on any atom is 0.397 e. The third-order valence-corrected chi connectivity index (χ3v) is 2.29. The summed E-state index contributed by atoms with van der Waals surface area (Å²) in [6.07, 6.45) is 3.77. The van der Waals surface area contributed by atoms with Gasteiger partial charge in [0.2, 0.25) is 0 Å². The van der Waals surface area contributed by atoms with Crippen molar-refractivity contribution in [1.82, 2.24) is 9.71 Å². The van der Waals surface area contributed by atoms with Crippen molar-refractivity contribution in [1.29, 1.82) is 0 Å². The van der Waals surface area contributed by atoms with Crippen LogP contribution in [0.2, 0.25) is 0 Å². The van der Waals surface area contributed by atoms with E-state index in [1.807, 2.05) is 0 Å². The smallest absolute Gasteiger partial charge is 0.396 e. The zero-order valence-corrected chi connectivity index (χ0v) is 7.09. The van der Waals surface area contributed by atoms with Crippen molar-refractivity contribution in [3.05, 3.63) is 18.7 Å². The maximum absolute atomic E-state index is 11.0. The molecule has 1 rings (SSSR count). The van der Waals surface area contributed by atoms with Crippen LogP contribution in [-0.4, -0.2) is 32.5 Å². The average molecular weight is 192 g/mol. The van der Waals surface area contributed by atoms with Gasteiger partial charge in [-0.1, -0.05) is 0 Å². The molecular weight excluding hydrogens is 183 g/mol. The Morgan fingerprint density at radius 2 is 2.42 bits per heavy atom. The monoisotopic (exact) mass is 192 g/mol. The Labute approximate surface area is 68.9 Å². The van der Waals surface area contributed by atoms with E-state index in [-0.39, 0.29) is 12.8 Å². The van der Waals surface area contributed by atoms with E-state index in [1.165, 1.54) is 18.7 Å². The summed E-state index contributed by atoms with van der Waals surface area (Å²) in [5.41, 5.74) is 0. The number of imidazole rings is 1. The number of nitrogens with zero attached hydrogens (tertiary/aromatic N) is 2. The molecule has 0 aliphatic heterocycles. The van der Waals surface area contributed by atoms with Crippen LogP contribution in [0.3, 0.4) is 0 Å². The first kappa shape index (κ1) is 9.25. The van der Waals surface area contributed by atoms with Gasteiger partial charge in [-0.15, -0.1) is 0 Å². The first-order chi connectivity index (χ1) is 5.64. The molecule has 0 spiro atoms. The number of aliphatic hydroxyl groups is 1. The van der Waals surface area contributed by atoms with Crippen molar-refractivity contribution in [2.45, 2.75) is 0 Å². The second kappa shape index (κ2) is 3.71. The summed E-state index contributed by atoms with van der Waals surface area (Å²) in [5, 5.41) is 8.39. The van der Waals surface area contributed by atoms with E-state index in [2.05, 4.69) is 9.61 Å². The molecule has 0 aliphatic carbocycles. The van der Waals surface area contributed by atoms with E-state index in [0.717, 1.165) is 4.73 Å². The van der Waals surface area contributed by atoms with Gasteiger partial charge in [-0.05, 0) is 0 Å². The molecule has 12 heavy (non-hydrogen) atoms. The molecule has 0 saturated carbocycles. The van der Waals surface area contributed by atoms with Gasteiger partial charge in [-0.2, -0.15) is 4.73 Å². The van der Waals surface area contributed by atoms with Crippen LogP contribution in [0.1, 0.15) is 0 Å². The SMILES string of the molecule is O=P(O)(CCO)On1ccnc1. The molecule has 0 radical (unpaired) electrons.